The lowest BCUT2D eigenvalue weighted by molar-refractivity contribution is -0.121. The maximum absolute atomic E-state index is 12.6. The first-order valence-electron chi connectivity index (χ1n) is 9.64. The molecule has 0 bridgehead atoms. The molecule has 152 valence electrons. The summed E-state index contributed by atoms with van der Waals surface area (Å²) in [5.74, 6) is -0.0596. The summed E-state index contributed by atoms with van der Waals surface area (Å²) in [7, 11) is -3.47. The van der Waals surface area contributed by atoms with Crippen molar-refractivity contribution in [2.75, 3.05) is 13.1 Å². The van der Waals surface area contributed by atoms with E-state index in [0.29, 0.717) is 19.5 Å². The van der Waals surface area contributed by atoms with Crippen LogP contribution >= 0.6 is 0 Å². The van der Waals surface area contributed by atoms with E-state index in [1.165, 1.54) is 15.4 Å². The minimum absolute atomic E-state index is 0.0596. The Morgan fingerprint density at radius 2 is 1.61 bits per heavy atom. The number of sulfonamides is 1. The molecular weight excluding hydrogens is 372 g/mol. The van der Waals surface area contributed by atoms with Gasteiger partial charge in [0.2, 0.25) is 15.9 Å². The van der Waals surface area contributed by atoms with E-state index in [1.54, 1.807) is 24.3 Å². The van der Waals surface area contributed by atoms with Crippen LogP contribution < -0.4 is 5.32 Å². The van der Waals surface area contributed by atoms with Gasteiger partial charge in [-0.2, -0.15) is 4.31 Å². The van der Waals surface area contributed by atoms with Crippen molar-refractivity contribution in [3.63, 3.8) is 0 Å². The average molecular weight is 403 g/mol. The van der Waals surface area contributed by atoms with Crippen molar-refractivity contribution in [2.45, 2.75) is 52.0 Å². The van der Waals surface area contributed by atoms with E-state index in [2.05, 4.69) is 5.32 Å². The fourth-order valence-electron chi connectivity index (χ4n) is 3.12. The summed E-state index contributed by atoms with van der Waals surface area (Å²) in [5, 5.41) is 2.98. The predicted octanol–water partition coefficient (Wildman–Crippen LogP) is 3.75. The second kappa shape index (κ2) is 9.34. The van der Waals surface area contributed by atoms with E-state index in [0.717, 1.165) is 11.1 Å². The van der Waals surface area contributed by atoms with Crippen LogP contribution in [-0.2, 0) is 21.2 Å². The normalized spacial score (nSPS) is 12.8. The SMILES string of the molecule is CCN(CC)S(=O)(=O)c1ccc([C@H](C)NC(=O)Cc2ccc(C)c(C)c2)cc1. The van der Waals surface area contributed by atoms with Crippen molar-refractivity contribution in [1.29, 1.82) is 0 Å². The number of hydrogen-bond acceptors (Lipinski definition) is 3. The first kappa shape index (κ1) is 22.1. The number of nitrogens with one attached hydrogen (secondary N) is 1. The molecule has 2 rings (SSSR count). The van der Waals surface area contributed by atoms with Crippen LogP contribution in [0.25, 0.3) is 0 Å². The summed E-state index contributed by atoms with van der Waals surface area (Å²) < 4.78 is 26.6. The molecule has 5 nitrogen and oxygen atoms in total. The van der Waals surface area contributed by atoms with Gasteiger partial charge >= 0.3 is 0 Å². The van der Waals surface area contributed by atoms with E-state index in [-0.39, 0.29) is 16.8 Å². The Kier molecular flexibility index (Phi) is 7.38. The number of hydrogen-bond donors (Lipinski definition) is 1. The van der Waals surface area contributed by atoms with Crippen molar-refractivity contribution in [1.82, 2.24) is 9.62 Å². The Morgan fingerprint density at radius 1 is 1.00 bits per heavy atom. The standard InChI is InChI=1S/C22H30N2O3S/c1-6-24(7-2)28(26,27)21-12-10-20(11-13-21)18(5)23-22(25)15-19-9-8-16(3)17(4)14-19/h8-14,18H,6-7,15H2,1-5H3,(H,23,25)/t18-/m0/s1. The minimum Gasteiger partial charge on any atom is -0.349 e. The molecule has 0 aliphatic carbocycles. The Morgan fingerprint density at radius 3 is 2.14 bits per heavy atom. The lowest BCUT2D eigenvalue weighted by atomic mass is 10.0. The summed E-state index contributed by atoms with van der Waals surface area (Å²) in [4.78, 5) is 12.6. The highest BCUT2D eigenvalue weighted by Crippen LogP contribution is 2.19. The quantitative estimate of drug-likeness (QED) is 0.731. The largest absolute Gasteiger partial charge is 0.349 e. The van der Waals surface area contributed by atoms with Gasteiger partial charge in [-0.1, -0.05) is 44.2 Å². The second-order valence-corrected chi connectivity index (χ2v) is 8.98. The zero-order valence-electron chi connectivity index (χ0n) is 17.3. The third kappa shape index (κ3) is 5.20. The first-order chi connectivity index (χ1) is 13.2. The topological polar surface area (TPSA) is 66.5 Å². The van der Waals surface area contributed by atoms with Crippen molar-refractivity contribution >= 4 is 15.9 Å². The van der Waals surface area contributed by atoms with Crippen LogP contribution in [-0.4, -0.2) is 31.7 Å². The Hall–Kier alpha value is -2.18. The molecule has 2 aromatic rings. The fourth-order valence-corrected chi connectivity index (χ4v) is 4.57. The molecule has 0 saturated heterocycles. The van der Waals surface area contributed by atoms with Gasteiger partial charge < -0.3 is 5.32 Å². The zero-order chi connectivity index (χ0) is 20.9. The van der Waals surface area contributed by atoms with Gasteiger partial charge in [-0.3, -0.25) is 4.79 Å². The van der Waals surface area contributed by atoms with Crippen molar-refractivity contribution < 1.29 is 13.2 Å². The van der Waals surface area contributed by atoms with Crippen molar-refractivity contribution in [3.8, 4) is 0 Å². The Balaban J connectivity index is 2.05. The highest BCUT2D eigenvalue weighted by atomic mass is 32.2. The molecule has 0 aromatic heterocycles. The Labute approximate surface area is 168 Å². The molecule has 0 aliphatic rings. The maximum Gasteiger partial charge on any atom is 0.243 e. The number of benzene rings is 2. The molecule has 2 aromatic carbocycles. The van der Waals surface area contributed by atoms with E-state index < -0.39 is 10.0 Å². The van der Waals surface area contributed by atoms with Crippen LogP contribution in [0.5, 0.6) is 0 Å². The number of carbonyl (C=O) groups excluding carboxylic acids is 1. The summed E-state index contributed by atoms with van der Waals surface area (Å²) in [6.07, 6.45) is 0.319. The average Bonchev–Trinajstić information content (AvgIpc) is 2.65. The molecule has 1 atom stereocenters. The fraction of sp³-hybridized carbons (Fsp3) is 0.409. The molecule has 0 aliphatic heterocycles. The second-order valence-electron chi connectivity index (χ2n) is 7.04. The summed E-state index contributed by atoms with van der Waals surface area (Å²) >= 11 is 0. The Bertz CT molecular complexity index is 917. The molecule has 0 unspecified atom stereocenters. The van der Waals surface area contributed by atoms with Crippen LogP contribution in [0.4, 0.5) is 0 Å². The van der Waals surface area contributed by atoms with Gasteiger partial charge in [0.1, 0.15) is 0 Å². The van der Waals surface area contributed by atoms with E-state index in [9.17, 15) is 13.2 Å². The zero-order valence-corrected chi connectivity index (χ0v) is 18.1. The first-order valence-corrected chi connectivity index (χ1v) is 11.1. The molecule has 28 heavy (non-hydrogen) atoms. The van der Waals surface area contributed by atoms with Gasteiger partial charge in [-0.25, -0.2) is 8.42 Å². The van der Waals surface area contributed by atoms with Gasteiger partial charge in [-0.05, 0) is 55.2 Å². The molecule has 0 heterocycles. The third-order valence-electron chi connectivity index (χ3n) is 5.04. The van der Waals surface area contributed by atoms with Gasteiger partial charge in [-0.15, -0.1) is 0 Å². The van der Waals surface area contributed by atoms with E-state index in [1.807, 2.05) is 52.8 Å². The summed E-state index contributed by atoms with van der Waals surface area (Å²) in [6, 6.07) is 12.6. The van der Waals surface area contributed by atoms with Crippen LogP contribution in [0, 0.1) is 13.8 Å². The molecule has 0 radical (unpaired) electrons. The van der Waals surface area contributed by atoms with Gasteiger partial charge in [0.15, 0.2) is 0 Å². The van der Waals surface area contributed by atoms with Gasteiger partial charge in [0.25, 0.3) is 0 Å². The van der Waals surface area contributed by atoms with Crippen molar-refractivity contribution in [2.24, 2.45) is 0 Å². The highest BCUT2D eigenvalue weighted by Gasteiger charge is 2.21. The van der Waals surface area contributed by atoms with Crippen LogP contribution in [0.2, 0.25) is 0 Å². The monoisotopic (exact) mass is 402 g/mol. The van der Waals surface area contributed by atoms with Gasteiger partial charge in [0.05, 0.1) is 17.4 Å². The third-order valence-corrected chi connectivity index (χ3v) is 7.10. The smallest absolute Gasteiger partial charge is 0.243 e. The lowest BCUT2D eigenvalue weighted by Gasteiger charge is -2.19. The highest BCUT2D eigenvalue weighted by molar-refractivity contribution is 7.89. The van der Waals surface area contributed by atoms with Gasteiger partial charge in [0, 0.05) is 13.1 Å². The molecular formula is C22H30N2O3S. The van der Waals surface area contributed by atoms with Crippen LogP contribution in [0.3, 0.4) is 0 Å². The van der Waals surface area contributed by atoms with E-state index in [4.69, 9.17) is 0 Å². The molecule has 1 amide bonds. The summed E-state index contributed by atoms with van der Waals surface area (Å²) in [6.45, 7) is 10.5. The molecule has 0 spiro atoms. The number of amides is 1. The molecule has 1 N–H and O–H groups in total. The molecule has 6 heteroatoms. The maximum atomic E-state index is 12.6. The number of rotatable bonds is 8. The minimum atomic E-state index is -3.47. The number of aryl methyl sites for hydroxylation is 2. The van der Waals surface area contributed by atoms with E-state index >= 15 is 0 Å². The van der Waals surface area contributed by atoms with Crippen LogP contribution in [0.15, 0.2) is 47.4 Å². The number of carbonyl (C=O) groups is 1. The van der Waals surface area contributed by atoms with Crippen molar-refractivity contribution in [3.05, 3.63) is 64.7 Å². The molecule has 0 saturated carbocycles. The molecule has 0 fully saturated rings. The lowest BCUT2D eigenvalue weighted by Crippen LogP contribution is -2.30. The summed E-state index contributed by atoms with van der Waals surface area (Å²) in [5.41, 5.74) is 4.22. The predicted molar refractivity (Wildman–Crippen MR) is 113 cm³/mol. The van der Waals surface area contributed by atoms with Crippen LogP contribution in [0.1, 0.15) is 49.1 Å². The number of nitrogens with zero attached hydrogens (tertiary/aromatic N) is 1.